The molecule has 0 fully saturated rings. The van der Waals surface area contributed by atoms with Gasteiger partial charge in [-0.25, -0.2) is 0 Å². The molecule has 1 aromatic heterocycles. The Balaban J connectivity index is 1.89. The number of ether oxygens (including phenoxy) is 1. The third-order valence-electron chi connectivity index (χ3n) is 2.38. The summed E-state index contributed by atoms with van der Waals surface area (Å²) in [6.07, 6.45) is 3.52. The Hall–Kier alpha value is -2.54. The number of nitrogens with zero attached hydrogens (tertiary/aromatic N) is 2. The molecule has 4 heteroatoms. The van der Waals surface area contributed by atoms with Crippen molar-refractivity contribution >= 4 is 5.69 Å². The highest BCUT2D eigenvalue weighted by Crippen LogP contribution is 2.13. The van der Waals surface area contributed by atoms with Crippen LogP contribution in [-0.4, -0.2) is 11.6 Å². The van der Waals surface area contributed by atoms with Gasteiger partial charge in [-0.3, -0.25) is 4.98 Å². The monoisotopic (exact) mass is 239 g/mol. The first-order valence-electron chi connectivity index (χ1n) is 5.61. The van der Waals surface area contributed by atoms with Crippen molar-refractivity contribution in [3.05, 3.63) is 54.4 Å². The summed E-state index contributed by atoms with van der Waals surface area (Å²) in [4.78, 5) is 4.03. The highest BCUT2D eigenvalue weighted by atomic mass is 16.5. The van der Waals surface area contributed by atoms with Gasteiger partial charge in [-0.1, -0.05) is 12.1 Å². The summed E-state index contributed by atoms with van der Waals surface area (Å²) in [6.45, 7) is 0.803. The average molecular weight is 239 g/mol. The molecule has 1 N–H and O–H groups in total. The Morgan fingerprint density at radius 1 is 1.22 bits per heavy atom. The zero-order valence-corrected chi connectivity index (χ0v) is 9.84. The molecule has 0 saturated heterocycles. The molecular weight excluding hydrogens is 226 g/mol. The van der Waals surface area contributed by atoms with Gasteiger partial charge >= 0.3 is 0 Å². The van der Waals surface area contributed by atoms with E-state index in [1.165, 1.54) is 0 Å². The van der Waals surface area contributed by atoms with Gasteiger partial charge < -0.3 is 10.1 Å². The molecule has 1 aromatic carbocycles. The molecule has 0 aliphatic carbocycles. The van der Waals surface area contributed by atoms with Gasteiger partial charge in [-0.05, 0) is 29.8 Å². The fourth-order valence-electron chi connectivity index (χ4n) is 1.49. The van der Waals surface area contributed by atoms with Gasteiger partial charge in [0.1, 0.15) is 11.8 Å². The van der Waals surface area contributed by atoms with Crippen LogP contribution in [0.2, 0.25) is 0 Å². The summed E-state index contributed by atoms with van der Waals surface area (Å²) in [7, 11) is 0. The Morgan fingerprint density at radius 3 is 2.72 bits per heavy atom. The minimum Gasteiger partial charge on any atom is -0.479 e. The first-order valence-corrected chi connectivity index (χ1v) is 5.61. The standard InChI is InChI=1S/C14H13N3O/c15-7-9-18-14-5-3-12(4-6-14)10-17-13-2-1-8-16-11-13/h1-6,8,11,17H,9-10H2. The summed E-state index contributed by atoms with van der Waals surface area (Å²) in [5.41, 5.74) is 2.13. The first-order chi connectivity index (χ1) is 8.88. The normalized spacial score (nSPS) is 9.50. The fourth-order valence-corrected chi connectivity index (χ4v) is 1.49. The summed E-state index contributed by atoms with van der Waals surface area (Å²) >= 11 is 0. The smallest absolute Gasteiger partial charge is 0.174 e. The van der Waals surface area contributed by atoms with Crippen LogP contribution in [0.3, 0.4) is 0 Å². The molecule has 90 valence electrons. The van der Waals surface area contributed by atoms with E-state index in [9.17, 15) is 0 Å². The molecular formula is C14H13N3O. The van der Waals surface area contributed by atoms with Crippen LogP contribution in [0.25, 0.3) is 0 Å². The summed E-state index contributed by atoms with van der Waals surface area (Å²) in [5.74, 6) is 0.710. The largest absolute Gasteiger partial charge is 0.479 e. The number of nitriles is 1. The lowest BCUT2D eigenvalue weighted by molar-refractivity contribution is 0.368. The SMILES string of the molecule is N#CCOc1ccc(CNc2cccnc2)cc1. The summed E-state index contributed by atoms with van der Waals surface area (Å²) in [5, 5.41) is 11.7. The number of hydrogen-bond donors (Lipinski definition) is 1. The number of benzene rings is 1. The van der Waals surface area contributed by atoms with E-state index in [1.807, 2.05) is 42.5 Å². The second-order valence-corrected chi connectivity index (χ2v) is 3.69. The molecule has 0 aliphatic heterocycles. The van der Waals surface area contributed by atoms with E-state index in [0.29, 0.717) is 5.75 Å². The number of aromatic nitrogens is 1. The minimum atomic E-state index is 0.0767. The molecule has 0 atom stereocenters. The van der Waals surface area contributed by atoms with Crippen LogP contribution in [0, 0.1) is 11.3 Å². The third-order valence-corrected chi connectivity index (χ3v) is 2.38. The molecule has 0 unspecified atom stereocenters. The van der Waals surface area contributed by atoms with E-state index in [-0.39, 0.29) is 6.61 Å². The molecule has 0 spiro atoms. The van der Waals surface area contributed by atoms with Crippen molar-refractivity contribution in [3.8, 4) is 11.8 Å². The van der Waals surface area contributed by atoms with Crippen LogP contribution in [0.5, 0.6) is 5.75 Å². The molecule has 2 aromatic rings. The maximum atomic E-state index is 8.40. The van der Waals surface area contributed by atoms with Crippen molar-refractivity contribution in [2.75, 3.05) is 11.9 Å². The van der Waals surface area contributed by atoms with Crippen molar-refractivity contribution in [3.63, 3.8) is 0 Å². The molecule has 0 saturated carbocycles. The molecule has 18 heavy (non-hydrogen) atoms. The zero-order valence-electron chi connectivity index (χ0n) is 9.84. The Bertz CT molecular complexity index is 517. The van der Waals surface area contributed by atoms with Gasteiger partial charge in [0.2, 0.25) is 0 Å². The summed E-state index contributed by atoms with van der Waals surface area (Å²) < 4.78 is 5.18. The molecule has 0 amide bonds. The lowest BCUT2D eigenvalue weighted by atomic mass is 10.2. The van der Waals surface area contributed by atoms with Crippen LogP contribution >= 0.6 is 0 Å². The number of anilines is 1. The van der Waals surface area contributed by atoms with E-state index in [0.717, 1.165) is 17.8 Å². The average Bonchev–Trinajstić information content (AvgIpc) is 2.45. The van der Waals surface area contributed by atoms with Gasteiger partial charge in [-0.2, -0.15) is 5.26 Å². The zero-order chi connectivity index (χ0) is 12.6. The topological polar surface area (TPSA) is 57.9 Å². The molecule has 2 rings (SSSR count). The number of hydrogen-bond acceptors (Lipinski definition) is 4. The molecule has 1 heterocycles. The highest BCUT2D eigenvalue weighted by Gasteiger charge is 1.96. The van der Waals surface area contributed by atoms with Gasteiger partial charge in [0.25, 0.3) is 0 Å². The van der Waals surface area contributed by atoms with Crippen molar-refractivity contribution in [1.29, 1.82) is 5.26 Å². The highest BCUT2D eigenvalue weighted by molar-refractivity contribution is 5.41. The van der Waals surface area contributed by atoms with Gasteiger partial charge in [-0.15, -0.1) is 0 Å². The molecule has 0 aliphatic rings. The van der Waals surface area contributed by atoms with Crippen LogP contribution in [-0.2, 0) is 6.54 Å². The van der Waals surface area contributed by atoms with Crippen LogP contribution < -0.4 is 10.1 Å². The van der Waals surface area contributed by atoms with E-state index in [1.54, 1.807) is 12.4 Å². The number of rotatable bonds is 5. The quantitative estimate of drug-likeness (QED) is 0.871. The minimum absolute atomic E-state index is 0.0767. The van der Waals surface area contributed by atoms with E-state index in [4.69, 9.17) is 10.00 Å². The van der Waals surface area contributed by atoms with Crippen molar-refractivity contribution < 1.29 is 4.74 Å². The fraction of sp³-hybridized carbons (Fsp3) is 0.143. The van der Waals surface area contributed by atoms with Gasteiger partial charge in [0.05, 0.1) is 5.69 Å². The van der Waals surface area contributed by atoms with Crippen LogP contribution in [0.15, 0.2) is 48.8 Å². The predicted molar refractivity (Wildman–Crippen MR) is 69.1 cm³/mol. The van der Waals surface area contributed by atoms with E-state index < -0.39 is 0 Å². The van der Waals surface area contributed by atoms with Gasteiger partial charge in [0, 0.05) is 18.9 Å². The molecule has 4 nitrogen and oxygen atoms in total. The van der Waals surface area contributed by atoms with Gasteiger partial charge in [0.15, 0.2) is 6.61 Å². The first kappa shape index (κ1) is 11.9. The van der Waals surface area contributed by atoms with Crippen LogP contribution in [0.4, 0.5) is 5.69 Å². The maximum Gasteiger partial charge on any atom is 0.174 e. The number of pyridine rings is 1. The Morgan fingerprint density at radius 2 is 2.06 bits per heavy atom. The lowest BCUT2D eigenvalue weighted by Crippen LogP contribution is -1.99. The van der Waals surface area contributed by atoms with E-state index >= 15 is 0 Å². The predicted octanol–water partition coefficient (Wildman–Crippen LogP) is 2.60. The second-order valence-electron chi connectivity index (χ2n) is 3.69. The number of nitrogens with one attached hydrogen (secondary N) is 1. The van der Waals surface area contributed by atoms with Crippen LogP contribution in [0.1, 0.15) is 5.56 Å². The van der Waals surface area contributed by atoms with E-state index in [2.05, 4.69) is 10.3 Å². The lowest BCUT2D eigenvalue weighted by Gasteiger charge is -2.07. The van der Waals surface area contributed by atoms with Crippen molar-refractivity contribution in [2.24, 2.45) is 0 Å². The Kier molecular flexibility index (Phi) is 4.15. The second kappa shape index (κ2) is 6.26. The molecule has 0 bridgehead atoms. The van der Waals surface area contributed by atoms with Crippen molar-refractivity contribution in [1.82, 2.24) is 4.98 Å². The van der Waals surface area contributed by atoms with Crippen molar-refractivity contribution in [2.45, 2.75) is 6.54 Å². The Labute approximate surface area is 106 Å². The third kappa shape index (κ3) is 3.49. The molecule has 0 radical (unpaired) electrons. The maximum absolute atomic E-state index is 8.40. The summed E-state index contributed by atoms with van der Waals surface area (Å²) in [6, 6.07) is 13.4.